The fraction of sp³-hybridized carbons (Fsp3) is 0.345. The number of carbonyl (C=O) groups is 2. The van der Waals surface area contributed by atoms with E-state index in [1.165, 1.54) is 11.1 Å². The third-order valence-electron chi connectivity index (χ3n) is 6.64. The van der Waals surface area contributed by atoms with Gasteiger partial charge in [0, 0.05) is 18.7 Å². The molecule has 37 heavy (non-hydrogen) atoms. The predicted octanol–water partition coefficient (Wildman–Crippen LogP) is 4.94. The molecular weight excluding hydrogens is 472 g/mol. The molecule has 1 aliphatic heterocycles. The van der Waals surface area contributed by atoms with E-state index < -0.39 is 23.5 Å². The highest BCUT2D eigenvalue weighted by molar-refractivity contribution is 5.87. The second-order valence-electron chi connectivity index (χ2n) is 9.09. The molecular formula is C29H32N2O6. The van der Waals surface area contributed by atoms with E-state index in [1.807, 2.05) is 60.7 Å². The lowest BCUT2D eigenvalue weighted by Crippen LogP contribution is -2.66. The van der Waals surface area contributed by atoms with E-state index in [0.29, 0.717) is 32.5 Å². The monoisotopic (exact) mass is 504 g/mol. The maximum atomic E-state index is 13.8. The molecule has 1 aromatic heterocycles. The molecule has 0 spiro atoms. The zero-order chi connectivity index (χ0) is 25.9. The van der Waals surface area contributed by atoms with Crippen molar-refractivity contribution < 1.29 is 28.9 Å². The number of ether oxygens (including phenoxy) is 3. The Balaban J connectivity index is 1.61. The van der Waals surface area contributed by atoms with Crippen LogP contribution in [-0.2, 0) is 27.5 Å². The van der Waals surface area contributed by atoms with Crippen molar-refractivity contribution in [2.45, 2.75) is 38.0 Å². The number of nitrogens with zero attached hydrogens (tertiary/aromatic N) is 2. The molecule has 0 saturated carbocycles. The van der Waals surface area contributed by atoms with Crippen LogP contribution >= 0.6 is 0 Å². The zero-order valence-electron chi connectivity index (χ0n) is 20.7. The van der Waals surface area contributed by atoms with E-state index in [0.717, 1.165) is 11.1 Å². The fourth-order valence-corrected chi connectivity index (χ4v) is 4.78. The lowest BCUT2D eigenvalue weighted by atomic mass is 9.76. The molecule has 0 aliphatic carbocycles. The van der Waals surface area contributed by atoms with Gasteiger partial charge in [0.2, 0.25) is 0 Å². The van der Waals surface area contributed by atoms with Crippen LogP contribution < -0.4 is 4.74 Å². The lowest BCUT2D eigenvalue weighted by molar-refractivity contribution is -0.160. The molecule has 1 atom stereocenters. The number of carboxylic acid groups (broad SMARTS) is 1. The Morgan fingerprint density at radius 1 is 0.892 bits per heavy atom. The van der Waals surface area contributed by atoms with Gasteiger partial charge in [-0.2, -0.15) is 0 Å². The van der Waals surface area contributed by atoms with Gasteiger partial charge in [0.1, 0.15) is 5.75 Å². The predicted molar refractivity (Wildman–Crippen MR) is 137 cm³/mol. The van der Waals surface area contributed by atoms with Crippen molar-refractivity contribution >= 4 is 12.1 Å². The van der Waals surface area contributed by atoms with Crippen molar-refractivity contribution in [2.75, 3.05) is 19.8 Å². The van der Waals surface area contributed by atoms with Crippen LogP contribution in [0.3, 0.4) is 0 Å². The van der Waals surface area contributed by atoms with Crippen molar-refractivity contribution in [1.82, 2.24) is 9.88 Å². The van der Waals surface area contributed by atoms with Crippen molar-refractivity contribution in [3.63, 3.8) is 0 Å². The number of pyridine rings is 1. The highest BCUT2D eigenvalue weighted by Gasteiger charge is 2.55. The molecule has 1 fully saturated rings. The summed E-state index contributed by atoms with van der Waals surface area (Å²) in [5.41, 5.74) is 0.502. The van der Waals surface area contributed by atoms with Gasteiger partial charge in [-0.1, -0.05) is 60.7 Å². The number of benzene rings is 2. The molecule has 1 N–H and O–H groups in total. The number of carbonyl (C=O) groups excluding carboxylic acids is 1. The van der Waals surface area contributed by atoms with E-state index in [9.17, 15) is 14.7 Å². The molecule has 8 heteroatoms. The summed E-state index contributed by atoms with van der Waals surface area (Å²) in [6, 6.07) is 22.7. The van der Waals surface area contributed by atoms with Gasteiger partial charge < -0.3 is 19.3 Å². The van der Waals surface area contributed by atoms with Gasteiger partial charge in [-0.15, -0.1) is 0 Å². The summed E-state index contributed by atoms with van der Waals surface area (Å²) < 4.78 is 17.9. The Bertz CT molecular complexity index is 1080. The Morgan fingerprint density at radius 3 is 2.05 bits per heavy atom. The minimum absolute atomic E-state index is 0.121. The summed E-state index contributed by atoms with van der Waals surface area (Å²) >= 11 is 0. The van der Waals surface area contributed by atoms with Crippen LogP contribution in [0.4, 0.5) is 4.79 Å². The van der Waals surface area contributed by atoms with Crippen molar-refractivity contribution in [3.05, 3.63) is 96.3 Å². The number of esters is 1. The van der Waals surface area contributed by atoms with E-state index in [1.54, 1.807) is 18.3 Å². The van der Waals surface area contributed by atoms with E-state index in [-0.39, 0.29) is 25.5 Å². The first-order chi connectivity index (χ1) is 18.1. The third-order valence-corrected chi connectivity index (χ3v) is 6.64. The molecule has 8 nitrogen and oxygen atoms in total. The average Bonchev–Trinajstić information content (AvgIpc) is 2.93. The molecule has 0 bridgehead atoms. The second-order valence-corrected chi connectivity index (χ2v) is 9.09. The first-order valence-electron chi connectivity index (χ1n) is 12.5. The molecule has 0 radical (unpaired) electrons. The van der Waals surface area contributed by atoms with Crippen molar-refractivity contribution in [1.29, 1.82) is 0 Å². The van der Waals surface area contributed by atoms with Gasteiger partial charge in [-0.25, -0.2) is 9.59 Å². The molecule has 1 amide bonds. The summed E-state index contributed by atoms with van der Waals surface area (Å²) in [4.78, 5) is 31.5. The summed E-state index contributed by atoms with van der Waals surface area (Å²) in [7, 11) is 0. The van der Waals surface area contributed by atoms with Gasteiger partial charge in [-0.05, 0) is 42.5 Å². The normalized spacial score (nSPS) is 17.5. The summed E-state index contributed by atoms with van der Waals surface area (Å²) in [5.74, 6) is -0.975. The third kappa shape index (κ3) is 6.72. The van der Waals surface area contributed by atoms with E-state index in [2.05, 4.69) is 4.98 Å². The molecule has 2 aromatic carbocycles. The van der Waals surface area contributed by atoms with Crippen molar-refractivity contribution in [2.24, 2.45) is 5.92 Å². The minimum atomic E-state index is -1.46. The van der Waals surface area contributed by atoms with E-state index >= 15 is 0 Å². The number of likely N-dealkylation sites (tertiary alicyclic amines) is 1. The number of hydrogen-bond donors (Lipinski definition) is 1. The van der Waals surface area contributed by atoms with Crippen molar-refractivity contribution in [3.8, 4) is 5.75 Å². The highest BCUT2D eigenvalue weighted by Crippen LogP contribution is 2.38. The fourth-order valence-electron chi connectivity index (χ4n) is 4.78. The summed E-state index contributed by atoms with van der Waals surface area (Å²) in [5, 5.41) is 10.2. The molecule has 4 rings (SSSR count). The second kappa shape index (κ2) is 13.0. The first-order valence-corrected chi connectivity index (χ1v) is 12.5. The Morgan fingerprint density at radius 2 is 1.51 bits per heavy atom. The van der Waals surface area contributed by atoms with Gasteiger partial charge in [0.25, 0.3) is 0 Å². The Hall–Kier alpha value is -3.75. The maximum Gasteiger partial charge on any atom is 0.408 e. The quantitative estimate of drug-likeness (QED) is 0.369. The first kappa shape index (κ1) is 26.3. The smallest absolute Gasteiger partial charge is 0.408 e. The van der Waals surface area contributed by atoms with Crippen LogP contribution in [0.25, 0.3) is 0 Å². The number of amides is 1. The van der Waals surface area contributed by atoms with Gasteiger partial charge in [0.05, 0.1) is 32.6 Å². The SMILES string of the molecule is O=C(O)N1CCCC[C@@]1(C(=O)Oc1cccnc1)C(COCc1ccccc1)COCc1ccccc1. The molecule has 3 aromatic rings. The average molecular weight is 505 g/mol. The number of aromatic nitrogens is 1. The molecule has 0 unspecified atom stereocenters. The molecule has 2 heterocycles. The van der Waals surface area contributed by atoms with Gasteiger partial charge in [-0.3, -0.25) is 9.88 Å². The van der Waals surface area contributed by atoms with Gasteiger partial charge >= 0.3 is 12.1 Å². The van der Waals surface area contributed by atoms with Crippen LogP contribution in [0.2, 0.25) is 0 Å². The number of rotatable bonds is 11. The van der Waals surface area contributed by atoms with Crippen LogP contribution in [-0.4, -0.2) is 52.4 Å². The van der Waals surface area contributed by atoms with Crippen LogP contribution in [0.5, 0.6) is 5.75 Å². The molecule has 1 aliphatic rings. The lowest BCUT2D eigenvalue weighted by Gasteiger charge is -2.47. The maximum absolute atomic E-state index is 13.8. The number of hydrogen-bond acceptors (Lipinski definition) is 6. The van der Waals surface area contributed by atoms with Crippen LogP contribution in [0.15, 0.2) is 85.2 Å². The van der Waals surface area contributed by atoms with E-state index in [4.69, 9.17) is 14.2 Å². The Labute approximate surface area is 216 Å². The Kier molecular flexibility index (Phi) is 9.24. The zero-order valence-corrected chi connectivity index (χ0v) is 20.7. The topological polar surface area (TPSA) is 98.2 Å². The molecule has 1 saturated heterocycles. The van der Waals surface area contributed by atoms with Crippen LogP contribution in [0.1, 0.15) is 30.4 Å². The highest BCUT2D eigenvalue weighted by atomic mass is 16.5. The molecule has 194 valence electrons. The number of piperidine rings is 1. The van der Waals surface area contributed by atoms with Gasteiger partial charge in [0.15, 0.2) is 5.54 Å². The van der Waals surface area contributed by atoms with Crippen LogP contribution in [0, 0.1) is 5.92 Å². The minimum Gasteiger partial charge on any atom is -0.465 e. The standard InChI is InChI=1S/C29H32N2O6/c32-27(37-26-14-9-16-30-18-26)29(15-7-8-17-31(29)28(33)34)25(21-35-19-23-10-3-1-4-11-23)22-36-20-24-12-5-2-6-13-24/h1-6,9-14,16,18,25H,7-8,15,17,19-22H2,(H,33,34)/t29-/m0/s1. The largest absolute Gasteiger partial charge is 0.465 e. The summed E-state index contributed by atoms with van der Waals surface area (Å²) in [6.45, 7) is 1.13. The summed E-state index contributed by atoms with van der Waals surface area (Å²) in [6.07, 6.45) is 3.50.